The molecule has 1 aromatic carbocycles. The number of carboxylic acids is 1. The van der Waals surface area contributed by atoms with Gasteiger partial charge in [-0.15, -0.1) is 16.4 Å². The normalized spacial score (nSPS) is 14.6. The first-order valence-corrected chi connectivity index (χ1v) is 14.5. The summed E-state index contributed by atoms with van der Waals surface area (Å²) in [5.41, 5.74) is 1.77. The van der Waals surface area contributed by atoms with Gasteiger partial charge < -0.3 is 9.84 Å². The lowest BCUT2D eigenvalue weighted by Gasteiger charge is -2.21. The highest BCUT2D eigenvalue weighted by Crippen LogP contribution is 2.35. The molecule has 0 bridgehead atoms. The van der Waals surface area contributed by atoms with Crippen molar-refractivity contribution in [2.24, 2.45) is 5.41 Å². The first-order valence-electron chi connectivity index (χ1n) is 13.2. The number of carbonyl (C=O) groups excluding carboxylic acids is 1. The van der Waals surface area contributed by atoms with Gasteiger partial charge in [0, 0.05) is 34.0 Å². The number of halogens is 1. The summed E-state index contributed by atoms with van der Waals surface area (Å²) in [5.74, 6) is -0.401. The van der Waals surface area contributed by atoms with Gasteiger partial charge in [-0.3, -0.25) is 18.7 Å². The largest absolute Gasteiger partial charge is 0.477 e. The van der Waals surface area contributed by atoms with Gasteiger partial charge in [0.05, 0.1) is 34.7 Å². The Kier molecular flexibility index (Phi) is 7.18. The molecular weight excluding hydrogens is 596 g/mol. The molecule has 6 rings (SSSR count). The minimum absolute atomic E-state index is 0.164. The summed E-state index contributed by atoms with van der Waals surface area (Å²) in [4.78, 5) is 47.5. The summed E-state index contributed by atoms with van der Waals surface area (Å²) in [6, 6.07) is 7.65. The van der Waals surface area contributed by atoms with Gasteiger partial charge in [-0.05, 0) is 61.9 Å². The molecule has 13 nitrogen and oxygen atoms in total. The van der Waals surface area contributed by atoms with E-state index >= 15 is 0 Å². The van der Waals surface area contributed by atoms with Crippen LogP contribution in [-0.4, -0.2) is 56.4 Å². The van der Waals surface area contributed by atoms with E-state index in [2.05, 4.69) is 20.5 Å². The number of fused-ring (bicyclic) bond motifs is 1. The third-order valence-corrected chi connectivity index (χ3v) is 8.19. The molecule has 0 fully saturated rings. The number of nitrogens with zero attached hydrogens (tertiary/aromatic N) is 8. The van der Waals surface area contributed by atoms with Gasteiger partial charge in [0.2, 0.25) is 0 Å². The first kappa shape index (κ1) is 28.4. The number of carboxylic acid groups (broad SMARTS) is 1. The van der Waals surface area contributed by atoms with E-state index < -0.39 is 23.4 Å². The van der Waals surface area contributed by atoms with Gasteiger partial charge in [-0.1, -0.05) is 11.6 Å². The minimum atomic E-state index is -1.04. The summed E-state index contributed by atoms with van der Waals surface area (Å²) < 4.78 is 10.4. The van der Waals surface area contributed by atoms with E-state index in [9.17, 15) is 19.5 Å². The second-order valence-corrected chi connectivity index (χ2v) is 12.3. The second-order valence-electron chi connectivity index (χ2n) is 11.0. The number of hydrogen-bond donors (Lipinski definition) is 1. The number of esters is 1. The van der Waals surface area contributed by atoms with Crippen LogP contribution in [0.3, 0.4) is 0 Å². The molecule has 4 aromatic heterocycles. The number of hydrogen-bond acceptors (Lipinski definition) is 10. The Balaban J connectivity index is 1.42. The van der Waals surface area contributed by atoms with Crippen LogP contribution in [-0.2, 0) is 22.7 Å². The molecule has 0 aliphatic carbocycles. The molecule has 0 amide bonds. The highest BCUT2D eigenvalue weighted by atomic mass is 35.5. The maximum atomic E-state index is 13.7. The Hall–Kier alpha value is -4.69. The van der Waals surface area contributed by atoms with E-state index in [-0.39, 0.29) is 17.2 Å². The third kappa shape index (κ3) is 5.34. The predicted molar refractivity (Wildman–Crippen MR) is 156 cm³/mol. The molecule has 0 saturated heterocycles. The first-order chi connectivity index (χ1) is 20.5. The number of aryl methyl sites for hydroxylation is 1. The van der Waals surface area contributed by atoms with E-state index in [0.29, 0.717) is 57.7 Å². The molecule has 220 valence electrons. The quantitative estimate of drug-likeness (QED) is 0.261. The fourth-order valence-corrected chi connectivity index (χ4v) is 5.87. The van der Waals surface area contributed by atoms with Crippen LogP contribution in [0.25, 0.3) is 28.2 Å². The topological polar surface area (TPSA) is 160 Å². The lowest BCUT2D eigenvalue weighted by Crippen LogP contribution is -2.28. The number of aromatic carboxylic acids is 1. The Bertz CT molecular complexity index is 1920. The van der Waals surface area contributed by atoms with Crippen LogP contribution in [0, 0.1) is 5.41 Å². The molecule has 1 aliphatic rings. The lowest BCUT2D eigenvalue weighted by atomic mass is 9.98. The standard InChI is InChI=1S/C28H25ClN8O5S/c1-28(2,3)27(41)42-14-35-21(15-8-22(26(39)40)43-12-15)11-30-25(35)20-6-7-23-32-18(10-24(38)37(20)23)17-9-16(29)4-5-19(17)36-13-31-33-34-36/h4-5,8-13,20H,6-7,14H2,1-3H3,(H,39,40)/t20-/m0/s1. The average Bonchev–Trinajstić information content (AvgIpc) is 3.76. The Labute approximate surface area is 253 Å². The Morgan fingerprint density at radius 1 is 1.21 bits per heavy atom. The average molecular weight is 621 g/mol. The van der Waals surface area contributed by atoms with Gasteiger partial charge in [0.1, 0.15) is 22.9 Å². The number of ether oxygens (including phenoxy) is 1. The molecular formula is C28H25ClN8O5S. The molecule has 1 atom stereocenters. The molecule has 1 N–H and O–H groups in total. The van der Waals surface area contributed by atoms with E-state index in [1.165, 1.54) is 17.1 Å². The summed E-state index contributed by atoms with van der Waals surface area (Å²) in [5, 5.41) is 23.0. The number of rotatable bonds is 7. The van der Waals surface area contributed by atoms with E-state index in [4.69, 9.17) is 21.3 Å². The lowest BCUT2D eigenvalue weighted by molar-refractivity contribution is -0.157. The highest BCUT2D eigenvalue weighted by molar-refractivity contribution is 7.12. The maximum Gasteiger partial charge on any atom is 0.345 e. The molecule has 0 radical (unpaired) electrons. The van der Waals surface area contributed by atoms with Crippen molar-refractivity contribution < 1.29 is 19.4 Å². The minimum Gasteiger partial charge on any atom is -0.477 e. The van der Waals surface area contributed by atoms with E-state index in [0.717, 1.165) is 11.3 Å². The van der Waals surface area contributed by atoms with Crippen molar-refractivity contribution >= 4 is 34.9 Å². The molecule has 5 aromatic rings. The molecule has 0 spiro atoms. The smallest absolute Gasteiger partial charge is 0.345 e. The predicted octanol–water partition coefficient (Wildman–Crippen LogP) is 4.25. The summed E-state index contributed by atoms with van der Waals surface area (Å²) in [6.07, 6.45) is 4.05. The summed E-state index contributed by atoms with van der Waals surface area (Å²) >= 11 is 7.39. The van der Waals surface area contributed by atoms with Gasteiger partial charge in [0.25, 0.3) is 5.56 Å². The van der Waals surface area contributed by atoms with E-state index in [1.54, 1.807) is 65.7 Å². The van der Waals surface area contributed by atoms with Crippen LogP contribution in [0.4, 0.5) is 0 Å². The fraction of sp³-hybridized carbons (Fsp3) is 0.286. The number of benzene rings is 1. The van der Waals surface area contributed by atoms with Crippen molar-refractivity contribution in [3.63, 3.8) is 0 Å². The Morgan fingerprint density at radius 2 is 2.02 bits per heavy atom. The number of tetrazole rings is 1. The van der Waals surface area contributed by atoms with Crippen molar-refractivity contribution in [2.45, 2.75) is 46.4 Å². The number of aromatic nitrogens is 8. The highest BCUT2D eigenvalue weighted by Gasteiger charge is 2.32. The zero-order valence-corrected chi connectivity index (χ0v) is 24.8. The molecule has 0 saturated carbocycles. The van der Waals surface area contributed by atoms with Gasteiger partial charge in [-0.25, -0.2) is 14.8 Å². The zero-order valence-electron chi connectivity index (χ0n) is 23.3. The van der Waals surface area contributed by atoms with Crippen molar-refractivity contribution in [1.82, 2.24) is 39.3 Å². The van der Waals surface area contributed by atoms with E-state index in [1.807, 2.05) is 0 Å². The molecule has 1 aliphatic heterocycles. The van der Waals surface area contributed by atoms with Crippen molar-refractivity contribution in [3.8, 4) is 28.2 Å². The van der Waals surface area contributed by atoms with Gasteiger partial charge in [0.15, 0.2) is 6.73 Å². The van der Waals surface area contributed by atoms with Crippen LogP contribution in [0.1, 0.15) is 54.6 Å². The summed E-state index contributed by atoms with van der Waals surface area (Å²) in [6.45, 7) is 5.10. The van der Waals surface area contributed by atoms with Crippen molar-refractivity contribution in [2.75, 3.05) is 0 Å². The van der Waals surface area contributed by atoms with Crippen LogP contribution < -0.4 is 5.56 Å². The third-order valence-electron chi connectivity index (χ3n) is 7.04. The fourth-order valence-electron chi connectivity index (χ4n) is 4.96. The monoisotopic (exact) mass is 620 g/mol. The number of thiophene rings is 1. The van der Waals surface area contributed by atoms with Crippen LogP contribution in [0.15, 0.2) is 53.0 Å². The van der Waals surface area contributed by atoms with Gasteiger partial charge in [-0.2, -0.15) is 4.68 Å². The number of imidazole rings is 1. The van der Waals surface area contributed by atoms with Crippen molar-refractivity contribution in [1.29, 1.82) is 0 Å². The second kappa shape index (κ2) is 10.9. The Morgan fingerprint density at radius 3 is 2.72 bits per heavy atom. The SMILES string of the molecule is CC(C)(C)C(=O)OCn1c(-c2csc(C(=O)O)c2)cnc1[C@@H]1CCc2nc(-c3cc(Cl)ccc3-n3cnnn3)cc(=O)n21. The van der Waals surface area contributed by atoms with Gasteiger partial charge >= 0.3 is 11.9 Å². The van der Waals surface area contributed by atoms with Crippen molar-refractivity contribution in [3.05, 3.63) is 80.1 Å². The summed E-state index contributed by atoms with van der Waals surface area (Å²) in [7, 11) is 0. The molecule has 15 heteroatoms. The molecule has 43 heavy (non-hydrogen) atoms. The molecule has 5 heterocycles. The number of carbonyl (C=O) groups is 2. The molecule has 0 unspecified atom stereocenters. The zero-order chi connectivity index (χ0) is 30.5. The maximum absolute atomic E-state index is 13.7. The van der Waals surface area contributed by atoms with Crippen LogP contribution in [0.5, 0.6) is 0 Å². The van der Waals surface area contributed by atoms with Crippen LogP contribution in [0.2, 0.25) is 5.02 Å². The van der Waals surface area contributed by atoms with Crippen LogP contribution >= 0.6 is 22.9 Å².